The van der Waals surface area contributed by atoms with E-state index in [9.17, 15) is 0 Å². The Kier molecular flexibility index (Phi) is 2.00. The molecule has 0 saturated carbocycles. The van der Waals surface area contributed by atoms with Crippen molar-refractivity contribution in [3.63, 3.8) is 0 Å². The Hall–Kier alpha value is -1.02. The molecule has 1 aromatic rings. The molecular formula is C11H15NO. The Morgan fingerprint density at radius 1 is 1.46 bits per heavy atom. The normalized spacial score (nSPS) is 19.8. The molecule has 1 aromatic carbocycles. The zero-order valence-electron chi connectivity index (χ0n) is 8.09. The van der Waals surface area contributed by atoms with Crippen LogP contribution in [0.15, 0.2) is 12.1 Å². The Morgan fingerprint density at radius 2 is 2.23 bits per heavy atom. The number of aliphatic hydroxyl groups is 1. The molecule has 0 spiro atoms. The van der Waals surface area contributed by atoms with Crippen molar-refractivity contribution in [1.29, 1.82) is 0 Å². The lowest BCUT2D eigenvalue weighted by molar-refractivity contribution is 0.273. The summed E-state index contributed by atoms with van der Waals surface area (Å²) in [7, 11) is 0. The minimum atomic E-state index is 0.240. The zero-order chi connectivity index (χ0) is 9.42. The van der Waals surface area contributed by atoms with E-state index in [0.29, 0.717) is 0 Å². The second-order valence-electron chi connectivity index (χ2n) is 3.80. The highest BCUT2D eigenvalue weighted by molar-refractivity contribution is 5.62. The van der Waals surface area contributed by atoms with Gasteiger partial charge >= 0.3 is 0 Å². The number of anilines is 1. The number of fused-ring (bicyclic) bond motifs is 1. The third-order valence-electron chi connectivity index (χ3n) is 2.70. The highest BCUT2D eigenvalue weighted by atomic mass is 16.3. The number of benzene rings is 1. The van der Waals surface area contributed by atoms with Crippen molar-refractivity contribution in [2.24, 2.45) is 0 Å². The van der Waals surface area contributed by atoms with E-state index in [-0.39, 0.29) is 12.5 Å². The average Bonchev–Trinajstić information content (AvgIpc) is 2.47. The highest BCUT2D eigenvalue weighted by Gasteiger charge is 2.23. The number of nitrogens with one attached hydrogen (secondary N) is 1. The summed E-state index contributed by atoms with van der Waals surface area (Å²) >= 11 is 0. The van der Waals surface area contributed by atoms with Crippen LogP contribution in [0.1, 0.15) is 22.6 Å². The fourth-order valence-corrected chi connectivity index (χ4v) is 2.16. The predicted octanol–water partition coefficient (Wildman–Crippen LogP) is 1.80. The summed E-state index contributed by atoms with van der Waals surface area (Å²) < 4.78 is 0. The van der Waals surface area contributed by atoms with Crippen molar-refractivity contribution in [3.8, 4) is 0 Å². The minimum absolute atomic E-state index is 0.240. The predicted molar refractivity (Wildman–Crippen MR) is 54.2 cm³/mol. The number of aliphatic hydroxyl groups excluding tert-OH is 1. The second kappa shape index (κ2) is 3.04. The molecule has 13 heavy (non-hydrogen) atoms. The maximum absolute atomic E-state index is 9.17. The first-order chi connectivity index (χ1) is 6.22. The van der Waals surface area contributed by atoms with Gasteiger partial charge in [0.15, 0.2) is 0 Å². The quantitative estimate of drug-likeness (QED) is 0.685. The van der Waals surface area contributed by atoms with Crippen molar-refractivity contribution < 1.29 is 5.11 Å². The van der Waals surface area contributed by atoms with Crippen molar-refractivity contribution in [2.75, 3.05) is 18.5 Å². The van der Waals surface area contributed by atoms with Crippen molar-refractivity contribution >= 4 is 5.69 Å². The summed E-state index contributed by atoms with van der Waals surface area (Å²) in [5.74, 6) is 0.288. The Morgan fingerprint density at radius 3 is 2.92 bits per heavy atom. The molecule has 1 heterocycles. The fraction of sp³-hybridized carbons (Fsp3) is 0.455. The number of rotatable bonds is 1. The fourth-order valence-electron chi connectivity index (χ4n) is 2.16. The van der Waals surface area contributed by atoms with E-state index >= 15 is 0 Å². The van der Waals surface area contributed by atoms with Gasteiger partial charge in [0.1, 0.15) is 0 Å². The van der Waals surface area contributed by atoms with E-state index in [0.717, 1.165) is 6.54 Å². The van der Waals surface area contributed by atoms with Gasteiger partial charge in [-0.15, -0.1) is 0 Å². The summed E-state index contributed by atoms with van der Waals surface area (Å²) in [6, 6.07) is 4.33. The van der Waals surface area contributed by atoms with Crippen LogP contribution in [-0.4, -0.2) is 18.3 Å². The molecular weight excluding hydrogens is 162 g/mol. The first-order valence-corrected chi connectivity index (χ1v) is 4.68. The lowest BCUT2D eigenvalue weighted by Crippen LogP contribution is -2.06. The van der Waals surface area contributed by atoms with Crippen LogP contribution in [0.4, 0.5) is 5.69 Å². The van der Waals surface area contributed by atoms with Crippen LogP contribution in [-0.2, 0) is 0 Å². The van der Waals surface area contributed by atoms with Crippen LogP contribution in [0, 0.1) is 13.8 Å². The molecule has 2 heteroatoms. The van der Waals surface area contributed by atoms with Crippen LogP contribution in [0.3, 0.4) is 0 Å². The van der Waals surface area contributed by atoms with E-state index in [1.165, 1.54) is 22.4 Å². The molecule has 0 fully saturated rings. The van der Waals surface area contributed by atoms with Crippen LogP contribution in [0.2, 0.25) is 0 Å². The second-order valence-corrected chi connectivity index (χ2v) is 3.80. The molecule has 0 radical (unpaired) electrons. The first kappa shape index (κ1) is 8.57. The SMILES string of the molecule is Cc1cc(C)c2c(c1)NCC2CO. The van der Waals surface area contributed by atoms with Gasteiger partial charge in [-0.1, -0.05) is 6.07 Å². The Bertz CT molecular complexity index is 333. The zero-order valence-corrected chi connectivity index (χ0v) is 8.09. The molecule has 1 unspecified atom stereocenters. The number of aryl methyl sites for hydroxylation is 2. The number of hydrogen-bond acceptors (Lipinski definition) is 2. The summed E-state index contributed by atoms with van der Waals surface area (Å²) in [5.41, 5.74) is 5.08. The van der Waals surface area contributed by atoms with Crippen LogP contribution in [0.5, 0.6) is 0 Å². The molecule has 1 aliphatic heterocycles. The lowest BCUT2D eigenvalue weighted by atomic mass is 9.96. The van der Waals surface area contributed by atoms with E-state index < -0.39 is 0 Å². The monoisotopic (exact) mass is 177 g/mol. The molecule has 0 aliphatic carbocycles. The van der Waals surface area contributed by atoms with Gasteiger partial charge in [-0.05, 0) is 36.6 Å². The standard InChI is InChI=1S/C11H15NO/c1-7-3-8(2)11-9(6-13)5-12-10(11)4-7/h3-4,9,12-13H,5-6H2,1-2H3. The third-order valence-corrected chi connectivity index (χ3v) is 2.70. The van der Waals surface area contributed by atoms with Gasteiger partial charge in [0, 0.05) is 18.2 Å². The highest BCUT2D eigenvalue weighted by Crippen LogP contribution is 2.34. The summed E-state index contributed by atoms with van der Waals surface area (Å²) in [6.07, 6.45) is 0. The van der Waals surface area contributed by atoms with E-state index in [2.05, 4.69) is 31.3 Å². The summed E-state index contributed by atoms with van der Waals surface area (Å²) in [5, 5.41) is 12.5. The maximum atomic E-state index is 9.17. The summed E-state index contributed by atoms with van der Waals surface area (Å²) in [4.78, 5) is 0. The average molecular weight is 177 g/mol. The molecule has 2 nitrogen and oxygen atoms in total. The smallest absolute Gasteiger partial charge is 0.0517 e. The Labute approximate surface area is 78.6 Å². The van der Waals surface area contributed by atoms with E-state index in [1.54, 1.807) is 0 Å². The molecule has 0 amide bonds. The molecule has 0 saturated heterocycles. The van der Waals surface area contributed by atoms with Gasteiger partial charge < -0.3 is 10.4 Å². The number of hydrogen-bond donors (Lipinski definition) is 2. The van der Waals surface area contributed by atoms with E-state index in [1.807, 2.05) is 0 Å². The minimum Gasteiger partial charge on any atom is -0.396 e. The molecule has 1 atom stereocenters. The Balaban J connectivity index is 2.51. The summed E-state index contributed by atoms with van der Waals surface area (Å²) in [6.45, 7) is 5.32. The van der Waals surface area contributed by atoms with Gasteiger partial charge in [-0.2, -0.15) is 0 Å². The molecule has 2 N–H and O–H groups in total. The van der Waals surface area contributed by atoms with E-state index in [4.69, 9.17) is 5.11 Å². The van der Waals surface area contributed by atoms with Crippen molar-refractivity contribution in [2.45, 2.75) is 19.8 Å². The maximum Gasteiger partial charge on any atom is 0.0517 e. The third kappa shape index (κ3) is 1.31. The van der Waals surface area contributed by atoms with Gasteiger partial charge in [0.2, 0.25) is 0 Å². The molecule has 2 rings (SSSR count). The topological polar surface area (TPSA) is 32.3 Å². The van der Waals surface area contributed by atoms with Gasteiger partial charge in [-0.3, -0.25) is 0 Å². The van der Waals surface area contributed by atoms with Crippen LogP contribution < -0.4 is 5.32 Å². The molecule has 0 bridgehead atoms. The van der Waals surface area contributed by atoms with Gasteiger partial charge in [0.05, 0.1) is 6.61 Å². The van der Waals surface area contributed by atoms with Crippen molar-refractivity contribution in [1.82, 2.24) is 0 Å². The van der Waals surface area contributed by atoms with Crippen molar-refractivity contribution in [3.05, 3.63) is 28.8 Å². The largest absolute Gasteiger partial charge is 0.396 e. The van der Waals surface area contributed by atoms with Gasteiger partial charge in [0.25, 0.3) is 0 Å². The van der Waals surface area contributed by atoms with Gasteiger partial charge in [-0.25, -0.2) is 0 Å². The molecule has 0 aromatic heterocycles. The molecule has 1 aliphatic rings. The van der Waals surface area contributed by atoms with Crippen LogP contribution in [0.25, 0.3) is 0 Å². The molecule has 70 valence electrons. The van der Waals surface area contributed by atoms with Crippen LogP contribution >= 0.6 is 0 Å². The first-order valence-electron chi connectivity index (χ1n) is 4.68. The lowest BCUT2D eigenvalue weighted by Gasteiger charge is -2.09.